The van der Waals surface area contributed by atoms with E-state index in [0.29, 0.717) is 6.54 Å². The lowest BCUT2D eigenvalue weighted by atomic mass is 10.1. The zero-order chi connectivity index (χ0) is 20.1. The Hall–Kier alpha value is -2.67. The fourth-order valence-electron chi connectivity index (χ4n) is 2.79. The van der Waals surface area contributed by atoms with Crippen LogP contribution >= 0.6 is 11.3 Å². The van der Waals surface area contributed by atoms with E-state index >= 15 is 0 Å². The molecule has 0 saturated carbocycles. The second kappa shape index (κ2) is 8.56. The van der Waals surface area contributed by atoms with Gasteiger partial charge in [0, 0.05) is 36.4 Å². The van der Waals surface area contributed by atoms with Gasteiger partial charge in [0.25, 0.3) is 0 Å². The Morgan fingerprint density at radius 1 is 1.25 bits per heavy atom. The SMILES string of the molecule is CCc1nc(-c2nccs2)cn1-c1ccc(CCNC(=O)OC(C)(C)C)cc1. The maximum atomic E-state index is 11.7. The van der Waals surface area contributed by atoms with Crippen LogP contribution in [-0.4, -0.2) is 32.8 Å². The molecule has 2 aromatic heterocycles. The van der Waals surface area contributed by atoms with Gasteiger partial charge < -0.3 is 14.6 Å². The largest absolute Gasteiger partial charge is 0.444 e. The monoisotopic (exact) mass is 398 g/mol. The molecule has 0 fully saturated rings. The van der Waals surface area contributed by atoms with E-state index in [1.807, 2.05) is 32.3 Å². The minimum atomic E-state index is -0.481. The van der Waals surface area contributed by atoms with E-state index in [1.54, 1.807) is 17.5 Å². The smallest absolute Gasteiger partial charge is 0.407 e. The van der Waals surface area contributed by atoms with Crippen LogP contribution in [0.3, 0.4) is 0 Å². The van der Waals surface area contributed by atoms with Crippen molar-refractivity contribution < 1.29 is 9.53 Å². The van der Waals surface area contributed by atoms with Crippen LogP contribution in [-0.2, 0) is 17.6 Å². The lowest BCUT2D eigenvalue weighted by Crippen LogP contribution is -2.33. The second-order valence-corrected chi connectivity index (χ2v) is 8.34. The van der Waals surface area contributed by atoms with Gasteiger partial charge in [-0.25, -0.2) is 14.8 Å². The molecule has 6 nitrogen and oxygen atoms in total. The fourth-order valence-corrected chi connectivity index (χ4v) is 3.38. The summed E-state index contributed by atoms with van der Waals surface area (Å²) >= 11 is 1.59. The summed E-state index contributed by atoms with van der Waals surface area (Å²) in [6.07, 6.45) is 5.04. The number of ether oxygens (including phenoxy) is 1. The van der Waals surface area contributed by atoms with Gasteiger partial charge in [-0.3, -0.25) is 0 Å². The van der Waals surface area contributed by atoms with Gasteiger partial charge in [-0.05, 0) is 44.9 Å². The van der Waals surface area contributed by atoms with E-state index in [1.165, 1.54) is 0 Å². The Morgan fingerprint density at radius 2 is 2.00 bits per heavy atom. The molecule has 0 spiro atoms. The number of hydrogen-bond donors (Lipinski definition) is 1. The molecule has 0 atom stereocenters. The standard InChI is InChI=1S/C21H26N4O2S/c1-5-18-24-17(19-22-12-13-28-19)14-25(18)16-8-6-15(7-9-16)10-11-23-20(26)27-21(2,3)4/h6-9,12-14H,5,10-11H2,1-4H3,(H,23,26). The highest BCUT2D eigenvalue weighted by Crippen LogP contribution is 2.23. The first-order valence-electron chi connectivity index (χ1n) is 9.40. The normalized spacial score (nSPS) is 11.4. The lowest BCUT2D eigenvalue weighted by Gasteiger charge is -2.19. The van der Waals surface area contributed by atoms with Crippen molar-refractivity contribution in [3.05, 3.63) is 53.4 Å². The highest BCUT2D eigenvalue weighted by atomic mass is 32.1. The van der Waals surface area contributed by atoms with Crippen molar-refractivity contribution in [1.29, 1.82) is 0 Å². The molecular weight excluding hydrogens is 372 g/mol. The average molecular weight is 399 g/mol. The average Bonchev–Trinajstić information content (AvgIpc) is 3.30. The highest BCUT2D eigenvalue weighted by Gasteiger charge is 2.15. The van der Waals surface area contributed by atoms with Crippen LogP contribution in [0.4, 0.5) is 4.79 Å². The lowest BCUT2D eigenvalue weighted by molar-refractivity contribution is 0.0528. The van der Waals surface area contributed by atoms with E-state index in [-0.39, 0.29) is 6.09 Å². The van der Waals surface area contributed by atoms with Crippen molar-refractivity contribution in [2.45, 2.75) is 46.1 Å². The molecule has 3 rings (SSSR count). The molecule has 28 heavy (non-hydrogen) atoms. The molecular formula is C21H26N4O2S. The van der Waals surface area contributed by atoms with Crippen LogP contribution in [0, 0.1) is 0 Å². The number of imidazole rings is 1. The van der Waals surface area contributed by atoms with Crippen molar-refractivity contribution in [3.8, 4) is 16.4 Å². The summed E-state index contributed by atoms with van der Waals surface area (Å²) < 4.78 is 7.36. The number of nitrogens with zero attached hydrogens (tertiary/aromatic N) is 3. The third kappa shape index (κ3) is 5.19. The van der Waals surface area contributed by atoms with E-state index < -0.39 is 5.60 Å². The number of thiazole rings is 1. The number of aromatic nitrogens is 3. The van der Waals surface area contributed by atoms with Gasteiger partial charge in [0.05, 0.1) is 0 Å². The third-order valence-corrected chi connectivity index (χ3v) is 4.84. The minimum absolute atomic E-state index is 0.384. The number of amides is 1. The Bertz CT molecular complexity index is 909. The molecule has 1 amide bonds. The Morgan fingerprint density at radius 3 is 2.61 bits per heavy atom. The quantitative estimate of drug-likeness (QED) is 0.657. The molecule has 0 unspecified atom stereocenters. The zero-order valence-corrected chi connectivity index (χ0v) is 17.5. The molecule has 1 aromatic carbocycles. The molecule has 148 valence electrons. The van der Waals surface area contributed by atoms with Crippen molar-refractivity contribution in [2.24, 2.45) is 0 Å². The van der Waals surface area contributed by atoms with E-state index in [4.69, 9.17) is 9.72 Å². The number of carbonyl (C=O) groups excluding carboxylic acids is 1. The predicted molar refractivity (Wildman–Crippen MR) is 112 cm³/mol. The van der Waals surface area contributed by atoms with Crippen LogP contribution in [0.25, 0.3) is 16.4 Å². The molecule has 0 aliphatic carbocycles. The van der Waals surface area contributed by atoms with Crippen LogP contribution in [0.1, 0.15) is 39.1 Å². The van der Waals surface area contributed by atoms with Gasteiger partial charge >= 0.3 is 6.09 Å². The first-order chi connectivity index (χ1) is 13.4. The van der Waals surface area contributed by atoms with Gasteiger partial charge in [-0.2, -0.15) is 0 Å². The predicted octanol–water partition coefficient (Wildman–Crippen LogP) is 4.63. The molecule has 7 heteroatoms. The maximum Gasteiger partial charge on any atom is 0.407 e. The third-order valence-electron chi connectivity index (χ3n) is 4.04. The van der Waals surface area contributed by atoms with Crippen molar-refractivity contribution in [3.63, 3.8) is 0 Å². The highest BCUT2D eigenvalue weighted by molar-refractivity contribution is 7.13. The molecule has 0 radical (unpaired) electrons. The number of rotatable bonds is 6. The number of aryl methyl sites for hydroxylation is 1. The maximum absolute atomic E-state index is 11.7. The minimum Gasteiger partial charge on any atom is -0.444 e. The summed E-state index contributed by atoms with van der Waals surface area (Å²) in [5.74, 6) is 1.00. The van der Waals surface area contributed by atoms with Crippen LogP contribution < -0.4 is 5.32 Å². The Balaban J connectivity index is 1.64. The topological polar surface area (TPSA) is 69.0 Å². The molecule has 0 aliphatic rings. The molecule has 0 saturated heterocycles. The Kier molecular flexibility index (Phi) is 6.14. The van der Waals surface area contributed by atoms with Crippen LogP contribution in [0.15, 0.2) is 42.0 Å². The molecule has 1 N–H and O–H groups in total. The summed E-state index contributed by atoms with van der Waals surface area (Å²) in [5, 5.41) is 5.68. The van der Waals surface area contributed by atoms with Gasteiger partial charge in [-0.1, -0.05) is 19.1 Å². The summed E-state index contributed by atoms with van der Waals surface area (Å²) in [4.78, 5) is 20.8. The Labute approximate surface area is 169 Å². The number of nitrogens with one attached hydrogen (secondary N) is 1. The molecule has 0 aliphatic heterocycles. The van der Waals surface area contributed by atoms with E-state index in [0.717, 1.165) is 40.6 Å². The summed E-state index contributed by atoms with van der Waals surface area (Å²) in [6, 6.07) is 8.31. The van der Waals surface area contributed by atoms with Crippen LogP contribution in [0.5, 0.6) is 0 Å². The number of carbonyl (C=O) groups is 1. The zero-order valence-electron chi connectivity index (χ0n) is 16.7. The van der Waals surface area contributed by atoms with Gasteiger partial charge in [0.1, 0.15) is 22.1 Å². The van der Waals surface area contributed by atoms with Gasteiger partial charge in [-0.15, -0.1) is 11.3 Å². The van der Waals surface area contributed by atoms with Crippen molar-refractivity contribution in [1.82, 2.24) is 19.9 Å². The summed E-state index contributed by atoms with van der Waals surface area (Å²) in [7, 11) is 0. The number of alkyl carbamates (subject to hydrolysis) is 1. The summed E-state index contributed by atoms with van der Waals surface area (Å²) in [5.41, 5.74) is 2.64. The van der Waals surface area contributed by atoms with Gasteiger partial charge in [0.2, 0.25) is 0 Å². The van der Waals surface area contributed by atoms with E-state index in [2.05, 4.69) is 46.1 Å². The molecule has 0 bridgehead atoms. The van der Waals surface area contributed by atoms with Crippen LogP contribution in [0.2, 0.25) is 0 Å². The fraction of sp³-hybridized carbons (Fsp3) is 0.381. The number of hydrogen-bond acceptors (Lipinski definition) is 5. The summed E-state index contributed by atoms with van der Waals surface area (Å²) in [6.45, 7) is 8.19. The molecule has 3 aromatic rings. The first kappa shape index (κ1) is 20.1. The van der Waals surface area contributed by atoms with Gasteiger partial charge in [0.15, 0.2) is 0 Å². The second-order valence-electron chi connectivity index (χ2n) is 7.45. The van der Waals surface area contributed by atoms with Crippen molar-refractivity contribution in [2.75, 3.05) is 6.54 Å². The first-order valence-corrected chi connectivity index (χ1v) is 10.3. The van der Waals surface area contributed by atoms with E-state index in [9.17, 15) is 4.79 Å². The van der Waals surface area contributed by atoms with Crippen molar-refractivity contribution >= 4 is 17.4 Å². The number of benzene rings is 1. The molecule has 2 heterocycles.